The normalized spacial score (nSPS) is 23.7. The summed E-state index contributed by atoms with van der Waals surface area (Å²) in [5.41, 5.74) is 1.11. The van der Waals surface area contributed by atoms with E-state index in [2.05, 4.69) is 10.4 Å². The summed E-state index contributed by atoms with van der Waals surface area (Å²) in [5, 5.41) is 7.50. The van der Waals surface area contributed by atoms with Crippen molar-refractivity contribution in [1.82, 2.24) is 15.1 Å². The first-order chi connectivity index (χ1) is 8.11. The smallest absolute Gasteiger partial charge is 0.151 e. The predicted molar refractivity (Wildman–Crippen MR) is 66.4 cm³/mol. The molecule has 2 heterocycles. The van der Waals surface area contributed by atoms with E-state index >= 15 is 0 Å². The first-order valence-corrected chi connectivity index (χ1v) is 7.87. The highest BCUT2D eigenvalue weighted by Crippen LogP contribution is 2.12. The van der Waals surface area contributed by atoms with E-state index in [-0.39, 0.29) is 11.8 Å². The van der Waals surface area contributed by atoms with Gasteiger partial charge in [0.1, 0.15) is 0 Å². The van der Waals surface area contributed by atoms with E-state index in [9.17, 15) is 8.42 Å². The average molecular weight is 257 g/mol. The Kier molecular flexibility index (Phi) is 3.83. The third-order valence-electron chi connectivity index (χ3n) is 3.14. The highest BCUT2D eigenvalue weighted by atomic mass is 32.2. The van der Waals surface area contributed by atoms with Crippen molar-refractivity contribution in [3.63, 3.8) is 0 Å². The van der Waals surface area contributed by atoms with E-state index in [1.807, 2.05) is 17.7 Å². The molecular weight excluding hydrogens is 238 g/mol. The minimum Gasteiger partial charge on any atom is -0.307 e. The van der Waals surface area contributed by atoms with Crippen molar-refractivity contribution >= 4 is 9.84 Å². The van der Waals surface area contributed by atoms with E-state index in [0.717, 1.165) is 25.1 Å². The van der Waals surface area contributed by atoms with E-state index < -0.39 is 9.84 Å². The lowest BCUT2D eigenvalue weighted by Gasteiger charge is -2.23. The molecule has 1 atom stereocenters. The molecule has 1 N–H and O–H groups in total. The maximum Gasteiger partial charge on any atom is 0.151 e. The molecule has 1 fully saturated rings. The highest BCUT2D eigenvalue weighted by molar-refractivity contribution is 7.91. The van der Waals surface area contributed by atoms with Crippen molar-refractivity contribution in [3.8, 4) is 0 Å². The molecule has 5 nitrogen and oxygen atoms in total. The van der Waals surface area contributed by atoms with Crippen molar-refractivity contribution in [2.24, 2.45) is 0 Å². The minimum atomic E-state index is -2.82. The first kappa shape index (κ1) is 12.6. The number of aromatic nitrogens is 2. The quantitative estimate of drug-likeness (QED) is 0.856. The molecule has 1 aliphatic heterocycles. The number of rotatable bonds is 4. The van der Waals surface area contributed by atoms with Crippen molar-refractivity contribution in [2.45, 2.75) is 38.9 Å². The van der Waals surface area contributed by atoms with Crippen LogP contribution in [0.5, 0.6) is 0 Å². The molecule has 96 valence electrons. The van der Waals surface area contributed by atoms with Crippen LogP contribution in [0.2, 0.25) is 0 Å². The zero-order chi connectivity index (χ0) is 12.3. The van der Waals surface area contributed by atoms with Crippen LogP contribution in [0.3, 0.4) is 0 Å². The third-order valence-corrected chi connectivity index (χ3v) is 4.96. The number of sulfone groups is 1. The van der Waals surface area contributed by atoms with E-state index in [1.54, 1.807) is 6.20 Å². The Balaban J connectivity index is 1.90. The summed E-state index contributed by atoms with van der Waals surface area (Å²) < 4.78 is 24.9. The Morgan fingerprint density at radius 2 is 2.41 bits per heavy atom. The molecule has 1 aliphatic rings. The van der Waals surface area contributed by atoms with Crippen LogP contribution in [-0.2, 0) is 22.9 Å². The van der Waals surface area contributed by atoms with Gasteiger partial charge in [-0.15, -0.1) is 0 Å². The Hall–Kier alpha value is -0.880. The Labute approximate surface area is 102 Å². The summed E-state index contributed by atoms with van der Waals surface area (Å²) in [6, 6.07) is 2.06. The molecule has 0 aliphatic carbocycles. The average Bonchev–Trinajstić information content (AvgIpc) is 2.72. The van der Waals surface area contributed by atoms with Gasteiger partial charge in [-0.05, 0) is 25.8 Å². The molecule has 2 rings (SSSR count). The van der Waals surface area contributed by atoms with Crippen LogP contribution in [0.25, 0.3) is 0 Å². The van der Waals surface area contributed by atoms with Gasteiger partial charge >= 0.3 is 0 Å². The highest BCUT2D eigenvalue weighted by Gasteiger charge is 2.24. The predicted octanol–water partition coefficient (Wildman–Crippen LogP) is 0.570. The Bertz CT molecular complexity index is 467. The standard InChI is InChI=1S/C11H19N3O2S/c1-2-14-11(5-6-13-14)8-12-10-4-3-7-17(15,16)9-10/h5-6,10,12H,2-4,7-9H2,1H3. The molecule has 0 bridgehead atoms. The SMILES string of the molecule is CCn1nccc1CNC1CCCS(=O)(=O)C1. The van der Waals surface area contributed by atoms with Crippen molar-refractivity contribution in [3.05, 3.63) is 18.0 Å². The van der Waals surface area contributed by atoms with Gasteiger partial charge < -0.3 is 5.32 Å². The Morgan fingerprint density at radius 1 is 1.59 bits per heavy atom. The number of nitrogens with zero attached hydrogens (tertiary/aromatic N) is 2. The molecule has 0 aromatic carbocycles. The van der Waals surface area contributed by atoms with E-state index in [0.29, 0.717) is 12.3 Å². The van der Waals surface area contributed by atoms with Gasteiger partial charge in [-0.25, -0.2) is 8.42 Å². The van der Waals surface area contributed by atoms with Crippen molar-refractivity contribution in [1.29, 1.82) is 0 Å². The van der Waals surface area contributed by atoms with Crippen molar-refractivity contribution < 1.29 is 8.42 Å². The fourth-order valence-electron chi connectivity index (χ4n) is 2.23. The van der Waals surface area contributed by atoms with Crippen LogP contribution in [-0.4, -0.2) is 35.7 Å². The summed E-state index contributed by atoms with van der Waals surface area (Å²) in [6.45, 7) is 3.57. The fraction of sp³-hybridized carbons (Fsp3) is 0.727. The topological polar surface area (TPSA) is 64.0 Å². The third kappa shape index (κ3) is 3.29. The second-order valence-corrected chi connectivity index (χ2v) is 6.70. The molecule has 1 aromatic heterocycles. The van der Waals surface area contributed by atoms with Gasteiger partial charge in [-0.3, -0.25) is 4.68 Å². The number of aryl methyl sites for hydroxylation is 1. The van der Waals surface area contributed by atoms with Gasteiger partial charge in [0.15, 0.2) is 9.84 Å². The monoisotopic (exact) mass is 257 g/mol. The number of hydrogen-bond donors (Lipinski definition) is 1. The summed E-state index contributed by atoms with van der Waals surface area (Å²) in [4.78, 5) is 0. The second-order valence-electron chi connectivity index (χ2n) is 4.47. The molecule has 1 saturated heterocycles. The largest absolute Gasteiger partial charge is 0.307 e. The lowest BCUT2D eigenvalue weighted by atomic mass is 10.2. The van der Waals surface area contributed by atoms with Gasteiger partial charge in [-0.1, -0.05) is 0 Å². The molecule has 0 saturated carbocycles. The maximum absolute atomic E-state index is 11.5. The lowest BCUT2D eigenvalue weighted by molar-refractivity contribution is 0.467. The molecular formula is C11H19N3O2S. The molecule has 0 spiro atoms. The van der Waals surface area contributed by atoms with Crippen LogP contribution >= 0.6 is 0 Å². The zero-order valence-electron chi connectivity index (χ0n) is 10.1. The fourth-order valence-corrected chi connectivity index (χ4v) is 3.90. The van der Waals surface area contributed by atoms with E-state index in [4.69, 9.17) is 0 Å². The van der Waals surface area contributed by atoms with Gasteiger partial charge in [0.25, 0.3) is 0 Å². The summed E-state index contributed by atoms with van der Waals surface area (Å²) in [7, 11) is -2.82. The summed E-state index contributed by atoms with van der Waals surface area (Å²) in [5.74, 6) is 0.616. The van der Waals surface area contributed by atoms with Crippen LogP contribution in [0, 0.1) is 0 Å². The van der Waals surface area contributed by atoms with Crippen molar-refractivity contribution in [2.75, 3.05) is 11.5 Å². The molecule has 0 radical (unpaired) electrons. The number of hydrogen-bond acceptors (Lipinski definition) is 4. The van der Waals surface area contributed by atoms with Crippen LogP contribution in [0.1, 0.15) is 25.5 Å². The van der Waals surface area contributed by atoms with Crippen LogP contribution in [0.4, 0.5) is 0 Å². The molecule has 6 heteroatoms. The maximum atomic E-state index is 11.5. The van der Waals surface area contributed by atoms with Gasteiger partial charge in [-0.2, -0.15) is 5.10 Å². The van der Waals surface area contributed by atoms with E-state index in [1.165, 1.54) is 0 Å². The minimum absolute atomic E-state index is 0.0916. The van der Waals surface area contributed by atoms with Crippen LogP contribution < -0.4 is 5.32 Å². The molecule has 1 unspecified atom stereocenters. The van der Waals surface area contributed by atoms with Crippen LogP contribution in [0.15, 0.2) is 12.3 Å². The number of nitrogens with one attached hydrogen (secondary N) is 1. The molecule has 1 aromatic rings. The lowest BCUT2D eigenvalue weighted by Crippen LogP contribution is -2.40. The zero-order valence-corrected chi connectivity index (χ0v) is 10.9. The molecule has 17 heavy (non-hydrogen) atoms. The summed E-state index contributed by atoms with van der Waals surface area (Å²) >= 11 is 0. The van der Waals surface area contributed by atoms with Gasteiger partial charge in [0.2, 0.25) is 0 Å². The second kappa shape index (κ2) is 5.18. The van der Waals surface area contributed by atoms with Gasteiger partial charge in [0, 0.05) is 25.3 Å². The Morgan fingerprint density at radius 3 is 3.12 bits per heavy atom. The first-order valence-electron chi connectivity index (χ1n) is 6.05. The van der Waals surface area contributed by atoms with Gasteiger partial charge in [0.05, 0.1) is 17.2 Å². The summed E-state index contributed by atoms with van der Waals surface area (Å²) in [6.07, 6.45) is 3.49. The molecule has 0 amide bonds.